The molecular formula is C28H36F2O5S. The predicted octanol–water partition coefficient (Wildman–Crippen LogP) is 4.87. The van der Waals surface area contributed by atoms with E-state index in [0.29, 0.717) is 19.3 Å². The van der Waals surface area contributed by atoms with Gasteiger partial charge in [-0.15, -0.1) is 12.6 Å². The van der Waals surface area contributed by atoms with Gasteiger partial charge in [0.05, 0.1) is 11.5 Å². The molecule has 0 saturated heterocycles. The molecule has 0 aromatic rings. The monoisotopic (exact) mass is 522 g/mol. The average molecular weight is 523 g/mol. The number of carbonyl (C=O) groups excluding carboxylic acids is 3. The van der Waals surface area contributed by atoms with Crippen molar-refractivity contribution in [2.24, 2.45) is 34.0 Å². The quantitative estimate of drug-likeness (QED) is 0.408. The molecule has 0 heterocycles. The molecule has 0 spiro atoms. The van der Waals surface area contributed by atoms with Gasteiger partial charge in [-0.05, 0) is 69.6 Å². The van der Waals surface area contributed by atoms with Gasteiger partial charge in [0.25, 0.3) is 0 Å². The first kappa shape index (κ1) is 26.1. The zero-order valence-corrected chi connectivity index (χ0v) is 22.2. The van der Waals surface area contributed by atoms with E-state index in [2.05, 4.69) is 12.6 Å². The molecule has 0 radical (unpaired) electrons. The van der Waals surface area contributed by atoms with Crippen molar-refractivity contribution < 1.29 is 33.0 Å². The number of thiol groups is 1. The van der Waals surface area contributed by atoms with Crippen molar-refractivity contribution >= 4 is 29.5 Å². The molecule has 5 unspecified atom stereocenters. The Bertz CT molecular complexity index is 1080. The molecule has 0 bridgehead atoms. The summed E-state index contributed by atoms with van der Waals surface area (Å²) in [6, 6.07) is 0. The van der Waals surface area contributed by atoms with Crippen LogP contribution in [-0.4, -0.2) is 45.5 Å². The minimum atomic E-state index is -2.25. The average Bonchev–Trinajstić information content (AvgIpc) is 3.33. The highest BCUT2D eigenvalue weighted by atomic mass is 32.1. The summed E-state index contributed by atoms with van der Waals surface area (Å²) in [6.45, 7) is 6.96. The number of allylic oxidation sites excluding steroid dienone is 4. The molecule has 0 amide bonds. The van der Waals surface area contributed by atoms with Crippen LogP contribution >= 0.6 is 12.6 Å². The molecule has 198 valence electrons. The number of ether oxygens (including phenoxy) is 1. The molecule has 4 saturated carbocycles. The minimum absolute atomic E-state index is 0.0552. The summed E-state index contributed by atoms with van der Waals surface area (Å²) < 4.78 is 39.2. The zero-order chi connectivity index (χ0) is 26.5. The maximum atomic E-state index is 17.4. The highest BCUT2D eigenvalue weighted by Crippen LogP contribution is 2.72. The molecule has 1 N–H and O–H groups in total. The summed E-state index contributed by atoms with van der Waals surface area (Å²) in [5, 5.41) is 10.9. The fourth-order valence-corrected chi connectivity index (χ4v) is 9.39. The zero-order valence-electron chi connectivity index (χ0n) is 21.4. The maximum Gasteiger partial charge on any atom is 0.312 e. The first-order valence-electron chi connectivity index (χ1n) is 13.1. The molecule has 0 aromatic heterocycles. The summed E-state index contributed by atoms with van der Waals surface area (Å²) in [5.74, 6) is -2.83. The van der Waals surface area contributed by atoms with E-state index in [9.17, 15) is 19.5 Å². The van der Waals surface area contributed by atoms with E-state index in [1.165, 1.54) is 12.2 Å². The van der Waals surface area contributed by atoms with Gasteiger partial charge in [-0.3, -0.25) is 14.4 Å². The Hall–Kier alpha value is -1.54. The lowest BCUT2D eigenvalue weighted by molar-refractivity contribution is -0.231. The molecule has 0 aromatic carbocycles. The van der Waals surface area contributed by atoms with Crippen LogP contribution in [0.25, 0.3) is 0 Å². The molecule has 5 rings (SSSR count). The summed E-state index contributed by atoms with van der Waals surface area (Å²) in [4.78, 5) is 38.8. The van der Waals surface area contributed by atoms with E-state index >= 15 is 8.78 Å². The Morgan fingerprint density at radius 1 is 1.14 bits per heavy atom. The molecule has 5 aliphatic carbocycles. The topological polar surface area (TPSA) is 80.7 Å². The van der Waals surface area contributed by atoms with Crippen LogP contribution in [0.2, 0.25) is 0 Å². The lowest BCUT2D eigenvalue weighted by atomic mass is 9.44. The van der Waals surface area contributed by atoms with Crippen molar-refractivity contribution in [3.05, 3.63) is 23.8 Å². The Kier molecular flexibility index (Phi) is 5.78. The van der Waals surface area contributed by atoms with Crippen LogP contribution in [0.1, 0.15) is 72.6 Å². The van der Waals surface area contributed by atoms with Crippen LogP contribution in [0.15, 0.2) is 23.8 Å². The van der Waals surface area contributed by atoms with Crippen molar-refractivity contribution in [2.75, 3.05) is 0 Å². The lowest BCUT2D eigenvalue weighted by Gasteiger charge is -2.63. The van der Waals surface area contributed by atoms with Gasteiger partial charge in [0, 0.05) is 22.7 Å². The SMILES string of the molecule is CC1C[C@H]2[C@@H]3CC(F)C4=CC(=O)C=C[C@]4(C)C3(F)C(O)C[C@]2(C)C1(OC(=O)C1(C)CCCC1)C(=O)S. The first-order valence-corrected chi connectivity index (χ1v) is 13.6. The molecule has 4 fully saturated rings. The number of fused-ring (bicyclic) bond motifs is 5. The van der Waals surface area contributed by atoms with Crippen LogP contribution in [0.4, 0.5) is 8.78 Å². The van der Waals surface area contributed by atoms with E-state index in [0.717, 1.165) is 18.9 Å². The summed E-state index contributed by atoms with van der Waals surface area (Å²) in [5.41, 5.74) is -7.20. The van der Waals surface area contributed by atoms with Crippen LogP contribution in [0.5, 0.6) is 0 Å². The van der Waals surface area contributed by atoms with Gasteiger partial charge in [-0.25, -0.2) is 8.78 Å². The standard InChI is InChI=1S/C28H36F2O5S/c1-15-11-17-18-13-20(29)19-12-16(31)7-10-25(19,3)27(18,30)21(32)14-26(17,4)28(15,23(34)36)35-22(33)24(2)8-5-6-9-24/h7,10,12,15,17-18,20-21,32H,5-6,8-9,11,13-14H2,1-4H3,(H,34,36)/t15?,17-,18-,20?,21?,25-,26-,27?,28?/m0/s1. The van der Waals surface area contributed by atoms with Crippen molar-refractivity contribution in [1.82, 2.24) is 0 Å². The van der Waals surface area contributed by atoms with Crippen LogP contribution in [0, 0.1) is 34.0 Å². The number of halogens is 2. The summed E-state index contributed by atoms with van der Waals surface area (Å²) in [7, 11) is 0. The van der Waals surface area contributed by atoms with Gasteiger partial charge in [0.1, 0.15) is 6.17 Å². The van der Waals surface area contributed by atoms with Crippen LogP contribution in [0.3, 0.4) is 0 Å². The number of hydrogen-bond donors (Lipinski definition) is 2. The van der Waals surface area contributed by atoms with Crippen molar-refractivity contribution in [2.45, 2.75) is 96.2 Å². The lowest BCUT2D eigenvalue weighted by Crippen LogP contribution is -2.70. The minimum Gasteiger partial charge on any atom is -0.449 e. The number of alkyl halides is 2. The van der Waals surface area contributed by atoms with Gasteiger partial charge >= 0.3 is 5.97 Å². The molecule has 9 atom stereocenters. The molecule has 8 heteroatoms. The van der Waals surface area contributed by atoms with Crippen molar-refractivity contribution in [3.8, 4) is 0 Å². The predicted molar refractivity (Wildman–Crippen MR) is 133 cm³/mol. The Balaban J connectivity index is 1.60. The normalized spacial score (nSPS) is 49.1. The number of hydrogen-bond acceptors (Lipinski definition) is 5. The smallest absolute Gasteiger partial charge is 0.312 e. The molecule has 5 nitrogen and oxygen atoms in total. The molecular weight excluding hydrogens is 486 g/mol. The highest BCUT2D eigenvalue weighted by Gasteiger charge is 2.78. The van der Waals surface area contributed by atoms with E-state index in [4.69, 9.17) is 4.74 Å². The fourth-order valence-electron chi connectivity index (χ4n) is 8.87. The number of esters is 1. The second-order valence-corrected chi connectivity index (χ2v) is 13.1. The van der Waals surface area contributed by atoms with Crippen molar-refractivity contribution in [3.63, 3.8) is 0 Å². The second kappa shape index (κ2) is 7.98. The van der Waals surface area contributed by atoms with Gasteiger partial charge in [-0.2, -0.15) is 0 Å². The van der Waals surface area contributed by atoms with E-state index in [-0.39, 0.29) is 18.4 Å². The largest absolute Gasteiger partial charge is 0.449 e. The number of aliphatic hydroxyl groups excluding tert-OH is 1. The fraction of sp³-hybridized carbons (Fsp3) is 0.750. The van der Waals surface area contributed by atoms with E-state index in [1.54, 1.807) is 20.8 Å². The van der Waals surface area contributed by atoms with Crippen molar-refractivity contribution in [1.29, 1.82) is 0 Å². The highest BCUT2D eigenvalue weighted by molar-refractivity contribution is 7.96. The third-order valence-corrected chi connectivity index (χ3v) is 11.3. The second-order valence-electron chi connectivity index (χ2n) is 12.7. The van der Waals surface area contributed by atoms with Gasteiger partial charge in [0.15, 0.2) is 17.1 Å². The van der Waals surface area contributed by atoms with Gasteiger partial charge in [-0.1, -0.05) is 32.8 Å². The number of carbonyl (C=O) groups is 3. The van der Waals surface area contributed by atoms with Crippen LogP contribution in [-0.2, 0) is 19.1 Å². The first-order chi connectivity index (χ1) is 16.7. The van der Waals surface area contributed by atoms with Gasteiger partial charge in [0.2, 0.25) is 5.12 Å². The summed E-state index contributed by atoms with van der Waals surface area (Å²) >= 11 is 4.22. The summed E-state index contributed by atoms with van der Waals surface area (Å²) in [6.07, 6.45) is 3.76. The van der Waals surface area contributed by atoms with Gasteiger partial charge < -0.3 is 9.84 Å². The molecule has 0 aliphatic heterocycles. The van der Waals surface area contributed by atoms with Crippen LogP contribution < -0.4 is 0 Å². The molecule has 36 heavy (non-hydrogen) atoms. The van der Waals surface area contributed by atoms with E-state index in [1.807, 2.05) is 6.92 Å². The Morgan fingerprint density at radius 3 is 2.39 bits per heavy atom. The number of ketones is 1. The Morgan fingerprint density at radius 2 is 1.78 bits per heavy atom. The third kappa shape index (κ3) is 3.00. The van der Waals surface area contributed by atoms with E-state index < -0.39 is 74.4 Å². The third-order valence-electron chi connectivity index (χ3n) is 10.9. The Labute approximate surface area is 216 Å². The number of aliphatic hydroxyl groups is 1. The number of rotatable bonds is 3. The molecule has 5 aliphatic rings. The maximum absolute atomic E-state index is 17.4.